The molecule has 8 nitrogen and oxygen atoms in total. The third-order valence-corrected chi connectivity index (χ3v) is 7.20. The molecule has 41 heavy (non-hydrogen) atoms. The number of H-pyrrole nitrogens is 1. The van der Waals surface area contributed by atoms with Gasteiger partial charge in [-0.15, -0.1) is 12.4 Å². The number of imidazole rings is 1. The van der Waals surface area contributed by atoms with Gasteiger partial charge in [0, 0.05) is 29.3 Å². The van der Waals surface area contributed by atoms with Gasteiger partial charge in [-0.25, -0.2) is 4.98 Å². The van der Waals surface area contributed by atoms with E-state index in [2.05, 4.69) is 15.3 Å². The molecule has 0 spiro atoms. The minimum atomic E-state index is -0.959. The number of benzene rings is 4. The molecule has 2 heterocycles. The number of carboxylic acid groups (broad SMARTS) is 1. The van der Waals surface area contributed by atoms with Crippen molar-refractivity contribution >= 4 is 46.9 Å². The van der Waals surface area contributed by atoms with Crippen LogP contribution in [0.5, 0.6) is 0 Å². The zero-order valence-electron chi connectivity index (χ0n) is 21.9. The van der Waals surface area contributed by atoms with Crippen molar-refractivity contribution in [2.75, 3.05) is 11.4 Å². The number of aliphatic carboxylic acids is 1. The zero-order valence-corrected chi connectivity index (χ0v) is 22.7. The van der Waals surface area contributed by atoms with Crippen LogP contribution in [0.2, 0.25) is 0 Å². The van der Waals surface area contributed by atoms with Gasteiger partial charge in [-0.1, -0.05) is 72.8 Å². The number of carbonyl (C=O) groups excluding carboxylic acids is 2. The molecule has 4 aromatic carbocycles. The topological polar surface area (TPSA) is 115 Å². The molecule has 206 valence electrons. The van der Waals surface area contributed by atoms with Crippen LogP contribution in [0.1, 0.15) is 39.4 Å². The second-order valence-electron chi connectivity index (χ2n) is 9.76. The lowest BCUT2D eigenvalue weighted by Gasteiger charge is -2.23. The average Bonchev–Trinajstić information content (AvgIpc) is 3.39. The van der Waals surface area contributed by atoms with E-state index in [1.54, 1.807) is 36.4 Å². The maximum Gasteiger partial charge on any atom is 0.304 e. The smallest absolute Gasteiger partial charge is 0.304 e. The Hall–Kier alpha value is -4.95. The SMILES string of the molecule is Cl.O=C(O)CC1c2ccccc2C(=O)N(CC(=O)NCc2ccc(-c3nc4ccccc4[nH]3)cc2)c2ccccc21. The molecule has 0 radical (unpaired) electrons. The van der Waals surface area contributed by atoms with Crippen molar-refractivity contribution in [3.63, 3.8) is 0 Å². The first kappa shape index (κ1) is 27.6. The third-order valence-electron chi connectivity index (χ3n) is 7.20. The second kappa shape index (κ2) is 11.7. The van der Waals surface area contributed by atoms with E-state index in [1.807, 2.05) is 60.7 Å². The summed E-state index contributed by atoms with van der Waals surface area (Å²) in [5.74, 6) is -1.34. The van der Waals surface area contributed by atoms with E-state index in [0.717, 1.165) is 28.0 Å². The average molecular weight is 567 g/mol. The molecule has 3 N–H and O–H groups in total. The molecule has 1 aromatic heterocycles. The van der Waals surface area contributed by atoms with Crippen LogP contribution in [0.4, 0.5) is 5.69 Å². The van der Waals surface area contributed by atoms with Crippen LogP contribution in [0.25, 0.3) is 22.4 Å². The summed E-state index contributed by atoms with van der Waals surface area (Å²) in [5.41, 5.74) is 6.01. The van der Waals surface area contributed by atoms with Gasteiger partial charge in [-0.2, -0.15) is 0 Å². The Labute approximate surface area is 242 Å². The Kier molecular flexibility index (Phi) is 7.85. The molecular weight excluding hydrogens is 540 g/mol. The number of rotatable bonds is 7. The van der Waals surface area contributed by atoms with Crippen LogP contribution in [-0.4, -0.2) is 39.4 Å². The molecule has 0 bridgehead atoms. The number of carbonyl (C=O) groups is 3. The molecule has 5 aromatic rings. The van der Waals surface area contributed by atoms with Crippen molar-refractivity contribution in [2.24, 2.45) is 0 Å². The number of nitrogens with zero attached hydrogens (tertiary/aromatic N) is 2. The quantitative estimate of drug-likeness (QED) is 0.239. The first-order valence-electron chi connectivity index (χ1n) is 13.0. The van der Waals surface area contributed by atoms with E-state index < -0.39 is 11.9 Å². The van der Waals surface area contributed by atoms with Crippen LogP contribution in [0.3, 0.4) is 0 Å². The molecule has 1 atom stereocenters. The molecule has 0 saturated carbocycles. The molecule has 2 amide bonds. The number of aromatic nitrogens is 2. The lowest BCUT2D eigenvalue weighted by Crippen LogP contribution is -2.40. The minimum Gasteiger partial charge on any atom is -0.481 e. The van der Waals surface area contributed by atoms with E-state index in [4.69, 9.17) is 0 Å². The second-order valence-corrected chi connectivity index (χ2v) is 9.76. The molecule has 0 saturated heterocycles. The fourth-order valence-corrected chi connectivity index (χ4v) is 5.27. The molecule has 0 aliphatic carbocycles. The number of para-hydroxylation sites is 3. The van der Waals surface area contributed by atoms with Crippen LogP contribution in [-0.2, 0) is 16.1 Å². The normalized spacial score (nSPS) is 14.0. The van der Waals surface area contributed by atoms with Gasteiger partial charge in [0.25, 0.3) is 5.91 Å². The first-order chi connectivity index (χ1) is 19.5. The summed E-state index contributed by atoms with van der Waals surface area (Å²) in [4.78, 5) is 47.9. The van der Waals surface area contributed by atoms with E-state index >= 15 is 0 Å². The molecule has 1 aliphatic rings. The van der Waals surface area contributed by atoms with Crippen molar-refractivity contribution in [2.45, 2.75) is 18.9 Å². The van der Waals surface area contributed by atoms with E-state index in [9.17, 15) is 19.5 Å². The van der Waals surface area contributed by atoms with Gasteiger partial charge in [0.15, 0.2) is 0 Å². The standard InChI is InChI=1S/C32H26N4O4.ClH/c37-29(33-18-20-13-15-21(16-14-20)31-34-26-10-4-5-11-27(26)35-31)19-36-28-12-6-3-8-23(28)25(17-30(38)39)22-7-1-2-9-24(22)32(36)40;/h1-16,25H,17-19H2,(H,33,37)(H,34,35)(H,38,39);1H. The largest absolute Gasteiger partial charge is 0.481 e. The lowest BCUT2D eigenvalue weighted by molar-refractivity contribution is -0.137. The molecular formula is C32H27ClN4O4. The van der Waals surface area contributed by atoms with Gasteiger partial charge in [-0.3, -0.25) is 19.3 Å². The molecule has 1 unspecified atom stereocenters. The van der Waals surface area contributed by atoms with Crippen molar-refractivity contribution < 1.29 is 19.5 Å². The summed E-state index contributed by atoms with van der Waals surface area (Å²) < 4.78 is 0. The van der Waals surface area contributed by atoms with Gasteiger partial charge in [-0.05, 0) is 41.0 Å². The fourth-order valence-electron chi connectivity index (χ4n) is 5.27. The summed E-state index contributed by atoms with van der Waals surface area (Å²) in [6.07, 6.45) is -0.161. The Morgan fingerprint density at radius 1 is 0.878 bits per heavy atom. The number of nitrogens with one attached hydrogen (secondary N) is 2. The van der Waals surface area contributed by atoms with Gasteiger partial charge in [0.2, 0.25) is 5.91 Å². The van der Waals surface area contributed by atoms with E-state index in [1.165, 1.54) is 4.90 Å². The molecule has 9 heteroatoms. The number of anilines is 1. The Balaban J connectivity index is 0.00000337. The van der Waals surface area contributed by atoms with Crippen molar-refractivity contribution in [1.29, 1.82) is 0 Å². The predicted molar refractivity (Wildman–Crippen MR) is 159 cm³/mol. The van der Waals surface area contributed by atoms with Crippen LogP contribution < -0.4 is 10.2 Å². The van der Waals surface area contributed by atoms with Crippen molar-refractivity contribution in [3.05, 3.63) is 119 Å². The van der Waals surface area contributed by atoms with Crippen LogP contribution >= 0.6 is 12.4 Å². The highest BCUT2D eigenvalue weighted by Crippen LogP contribution is 2.40. The Morgan fingerprint density at radius 2 is 1.56 bits per heavy atom. The number of halogens is 1. The molecule has 1 aliphatic heterocycles. The fraction of sp³-hybridized carbons (Fsp3) is 0.125. The third kappa shape index (κ3) is 5.55. The monoisotopic (exact) mass is 566 g/mol. The van der Waals surface area contributed by atoms with Gasteiger partial charge >= 0.3 is 5.97 Å². The number of hydrogen-bond acceptors (Lipinski definition) is 4. The van der Waals surface area contributed by atoms with Gasteiger partial charge in [0.05, 0.1) is 17.5 Å². The highest BCUT2D eigenvalue weighted by Gasteiger charge is 2.34. The number of hydrogen-bond donors (Lipinski definition) is 3. The van der Waals surface area contributed by atoms with Gasteiger partial charge in [0.1, 0.15) is 12.4 Å². The number of fused-ring (bicyclic) bond motifs is 3. The number of carboxylic acids is 1. The van der Waals surface area contributed by atoms with E-state index in [0.29, 0.717) is 28.9 Å². The van der Waals surface area contributed by atoms with Crippen molar-refractivity contribution in [1.82, 2.24) is 15.3 Å². The first-order valence-corrected chi connectivity index (χ1v) is 13.0. The van der Waals surface area contributed by atoms with Crippen LogP contribution in [0, 0.1) is 0 Å². The van der Waals surface area contributed by atoms with E-state index in [-0.39, 0.29) is 37.2 Å². The number of aromatic amines is 1. The molecule has 0 fully saturated rings. The molecule has 6 rings (SSSR count). The summed E-state index contributed by atoms with van der Waals surface area (Å²) in [5, 5.41) is 12.5. The van der Waals surface area contributed by atoms with Crippen molar-refractivity contribution in [3.8, 4) is 11.4 Å². The number of amides is 2. The highest BCUT2D eigenvalue weighted by molar-refractivity contribution is 6.11. The minimum absolute atomic E-state index is 0. The van der Waals surface area contributed by atoms with Gasteiger partial charge < -0.3 is 15.4 Å². The Bertz CT molecular complexity index is 1720. The maximum atomic E-state index is 13.7. The summed E-state index contributed by atoms with van der Waals surface area (Å²) in [6, 6.07) is 29.8. The predicted octanol–water partition coefficient (Wildman–Crippen LogP) is 5.53. The maximum absolute atomic E-state index is 13.7. The Morgan fingerprint density at radius 3 is 2.32 bits per heavy atom. The lowest BCUT2D eigenvalue weighted by atomic mass is 9.86. The summed E-state index contributed by atoms with van der Waals surface area (Å²) >= 11 is 0. The highest BCUT2D eigenvalue weighted by atomic mass is 35.5. The summed E-state index contributed by atoms with van der Waals surface area (Å²) in [7, 11) is 0. The summed E-state index contributed by atoms with van der Waals surface area (Å²) in [6.45, 7) is 0.0994. The van der Waals surface area contributed by atoms with Crippen LogP contribution in [0.15, 0.2) is 97.1 Å². The zero-order chi connectivity index (χ0) is 27.6.